The predicted molar refractivity (Wildman–Crippen MR) is 106 cm³/mol. The van der Waals surface area contributed by atoms with Gasteiger partial charge in [-0.05, 0) is 48.9 Å². The van der Waals surface area contributed by atoms with Gasteiger partial charge in [-0.1, -0.05) is 24.3 Å². The van der Waals surface area contributed by atoms with E-state index in [2.05, 4.69) is 10.6 Å². The molecule has 0 unspecified atom stereocenters. The molecule has 0 aliphatic carbocycles. The van der Waals surface area contributed by atoms with Gasteiger partial charge in [0.2, 0.25) is 6.79 Å². The fourth-order valence-electron chi connectivity index (χ4n) is 2.86. The molecule has 0 aromatic heterocycles. The molecule has 140 valence electrons. The van der Waals surface area contributed by atoms with Crippen LogP contribution in [0.2, 0.25) is 0 Å². The zero-order valence-electron chi connectivity index (χ0n) is 15.2. The molecule has 0 saturated carbocycles. The normalized spacial score (nSPS) is 11.8. The van der Waals surface area contributed by atoms with Gasteiger partial charge in [0.05, 0.1) is 0 Å². The number of anilines is 2. The quantitative estimate of drug-likeness (QED) is 0.717. The highest BCUT2D eigenvalue weighted by atomic mass is 16.7. The Hall–Kier alpha value is -3.80. The van der Waals surface area contributed by atoms with E-state index < -0.39 is 0 Å². The summed E-state index contributed by atoms with van der Waals surface area (Å²) in [6.45, 7) is 2.05. The van der Waals surface area contributed by atoms with Gasteiger partial charge in [0.15, 0.2) is 11.5 Å². The smallest absolute Gasteiger partial charge is 0.255 e. The second-order valence-electron chi connectivity index (χ2n) is 6.37. The van der Waals surface area contributed by atoms with Crippen molar-refractivity contribution in [3.8, 4) is 11.5 Å². The van der Waals surface area contributed by atoms with Crippen LogP contribution in [0, 0.1) is 6.92 Å². The monoisotopic (exact) mass is 374 g/mol. The van der Waals surface area contributed by atoms with E-state index >= 15 is 0 Å². The summed E-state index contributed by atoms with van der Waals surface area (Å²) in [4.78, 5) is 25.0. The number of benzene rings is 3. The maximum Gasteiger partial charge on any atom is 0.255 e. The van der Waals surface area contributed by atoms with Gasteiger partial charge in [0, 0.05) is 28.6 Å². The first-order valence-electron chi connectivity index (χ1n) is 8.78. The van der Waals surface area contributed by atoms with E-state index in [0.717, 1.165) is 5.56 Å². The van der Waals surface area contributed by atoms with Crippen LogP contribution in [-0.4, -0.2) is 18.6 Å². The van der Waals surface area contributed by atoms with Crippen LogP contribution in [0.3, 0.4) is 0 Å². The number of hydrogen-bond donors (Lipinski definition) is 2. The first-order valence-corrected chi connectivity index (χ1v) is 8.78. The van der Waals surface area contributed by atoms with Crippen LogP contribution in [0.5, 0.6) is 11.5 Å². The van der Waals surface area contributed by atoms with Crippen LogP contribution in [-0.2, 0) is 0 Å². The van der Waals surface area contributed by atoms with Crippen molar-refractivity contribution in [1.29, 1.82) is 0 Å². The number of rotatable bonds is 4. The molecule has 1 aliphatic rings. The fourth-order valence-corrected chi connectivity index (χ4v) is 2.86. The minimum Gasteiger partial charge on any atom is -0.454 e. The first kappa shape index (κ1) is 17.6. The minimum absolute atomic E-state index is 0.176. The summed E-state index contributed by atoms with van der Waals surface area (Å²) in [5.41, 5.74) is 3.05. The summed E-state index contributed by atoms with van der Waals surface area (Å²) in [6, 6.07) is 19.3. The Bertz CT molecular complexity index is 1050. The Labute approximate surface area is 162 Å². The van der Waals surface area contributed by atoms with Gasteiger partial charge in [-0.25, -0.2) is 0 Å². The lowest BCUT2D eigenvalue weighted by Gasteiger charge is -2.11. The van der Waals surface area contributed by atoms with Crippen LogP contribution in [0.4, 0.5) is 11.4 Å². The Morgan fingerprint density at radius 3 is 2.36 bits per heavy atom. The molecule has 6 nitrogen and oxygen atoms in total. The highest BCUT2D eigenvalue weighted by Gasteiger charge is 2.15. The van der Waals surface area contributed by atoms with Crippen LogP contribution >= 0.6 is 0 Å². The zero-order valence-corrected chi connectivity index (χ0v) is 15.2. The summed E-state index contributed by atoms with van der Waals surface area (Å²) < 4.78 is 10.6. The molecule has 4 rings (SSSR count). The topological polar surface area (TPSA) is 76.7 Å². The number of aryl methyl sites for hydroxylation is 1. The van der Waals surface area contributed by atoms with Crippen molar-refractivity contribution in [2.24, 2.45) is 0 Å². The first-order chi connectivity index (χ1) is 13.6. The third-order valence-electron chi connectivity index (χ3n) is 4.41. The van der Waals surface area contributed by atoms with Crippen LogP contribution in [0.1, 0.15) is 26.3 Å². The Morgan fingerprint density at radius 2 is 1.54 bits per heavy atom. The molecular weight excluding hydrogens is 356 g/mol. The van der Waals surface area contributed by atoms with Crippen molar-refractivity contribution in [1.82, 2.24) is 0 Å². The molecule has 1 heterocycles. The summed E-state index contributed by atoms with van der Waals surface area (Å²) in [5, 5.41) is 5.70. The van der Waals surface area contributed by atoms with Crippen molar-refractivity contribution < 1.29 is 19.1 Å². The highest BCUT2D eigenvalue weighted by Crippen LogP contribution is 2.34. The predicted octanol–water partition coefficient (Wildman–Crippen LogP) is 4.23. The third-order valence-corrected chi connectivity index (χ3v) is 4.41. The number of amides is 2. The van der Waals surface area contributed by atoms with E-state index in [1.54, 1.807) is 60.7 Å². The summed E-state index contributed by atoms with van der Waals surface area (Å²) in [6.07, 6.45) is 0. The number of nitrogens with one attached hydrogen (secondary N) is 2. The molecule has 0 atom stereocenters. The second kappa shape index (κ2) is 7.44. The minimum atomic E-state index is -0.283. The van der Waals surface area contributed by atoms with Gasteiger partial charge in [-0.3, -0.25) is 9.59 Å². The molecule has 2 amide bonds. The molecule has 3 aromatic carbocycles. The number of ether oxygens (including phenoxy) is 2. The Balaban J connectivity index is 1.51. The molecule has 0 fully saturated rings. The summed E-state index contributed by atoms with van der Waals surface area (Å²) in [7, 11) is 0. The average Bonchev–Trinajstić information content (AvgIpc) is 3.18. The van der Waals surface area contributed by atoms with Crippen molar-refractivity contribution in [2.45, 2.75) is 6.92 Å². The standard InChI is InChI=1S/C22H18N2O4/c1-14-7-8-16(11-18(14)24-21(25)15-5-3-2-4-6-15)22(26)23-17-9-10-19-20(12-17)28-13-27-19/h2-12H,13H2,1H3,(H,23,26)(H,24,25). The largest absolute Gasteiger partial charge is 0.454 e. The van der Waals surface area contributed by atoms with Gasteiger partial charge < -0.3 is 20.1 Å². The molecule has 6 heteroatoms. The lowest BCUT2D eigenvalue weighted by molar-refractivity contribution is 0.101. The second-order valence-corrected chi connectivity index (χ2v) is 6.37. The average molecular weight is 374 g/mol. The van der Waals surface area contributed by atoms with Crippen molar-refractivity contribution in [3.63, 3.8) is 0 Å². The molecule has 1 aliphatic heterocycles. The van der Waals surface area contributed by atoms with Gasteiger partial charge in [-0.2, -0.15) is 0 Å². The van der Waals surface area contributed by atoms with Crippen LogP contribution < -0.4 is 20.1 Å². The zero-order chi connectivity index (χ0) is 19.5. The maximum atomic E-state index is 12.6. The summed E-state index contributed by atoms with van der Waals surface area (Å²) in [5.74, 6) is 0.739. The number of carbonyl (C=O) groups is 2. The molecular formula is C22H18N2O4. The van der Waals surface area contributed by atoms with E-state index in [9.17, 15) is 9.59 Å². The van der Waals surface area contributed by atoms with Crippen molar-refractivity contribution in [3.05, 3.63) is 83.4 Å². The molecule has 0 radical (unpaired) electrons. The van der Waals surface area contributed by atoms with E-state index in [1.807, 2.05) is 13.0 Å². The van der Waals surface area contributed by atoms with Gasteiger partial charge in [0.25, 0.3) is 11.8 Å². The lowest BCUT2D eigenvalue weighted by atomic mass is 10.1. The summed E-state index contributed by atoms with van der Waals surface area (Å²) >= 11 is 0. The molecule has 28 heavy (non-hydrogen) atoms. The molecule has 0 bridgehead atoms. The van der Waals surface area contributed by atoms with E-state index in [0.29, 0.717) is 34.0 Å². The van der Waals surface area contributed by atoms with Crippen LogP contribution in [0.25, 0.3) is 0 Å². The van der Waals surface area contributed by atoms with E-state index in [1.165, 1.54) is 0 Å². The van der Waals surface area contributed by atoms with Crippen molar-refractivity contribution >= 4 is 23.2 Å². The highest BCUT2D eigenvalue weighted by molar-refractivity contribution is 6.07. The SMILES string of the molecule is Cc1ccc(C(=O)Nc2ccc3c(c2)OCO3)cc1NC(=O)c1ccccc1. The molecule has 2 N–H and O–H groups in total. The van der Waals surface area contributed by atoms with Gasteiger partial charge >= 0.3 is 0 Å². The maximum absolute atomic E-state index is 12.6. The molecule has 3 aromatic rings. The van der Waals surface area contributed by atoms with Crippen molar-refractivity contribution in [2.75, 3.05) is 17.4 Å². The van der Waals surface area contributed by atoms with Gasteiger partial charge in [0.1, 0.15) is 0 Å². The molecule has 0 saturated heterocycles. The van der Waals surface area contributed by atoms with E-state index in [-0.39, 0.29) is 18.6 Å². The Kier molecular flexibility index (Phi) is 4.68. The van der Waals surface area contributed by atoms with Crippen LogP contribution in [0.15, 0.2) is 66.7 Å². The number of fused-ring (bicyclic) bond motifs is 1. The number of carbonyl (C=O) groups excluding carboxylic acids is 2. The fraction of sp³-hybridized carbons (Fsp3) is 0.0909. The Morgan fingerprint density at radius 1 is 0.786 bits per heavy atom. The van der Waals surface area contributed by atoms with E-state index in [4.69, 9.17) is 9.47 Å². The number of hydrogen-bond acceptors (Lipinski definition) is 4. The molecule has 0 spiro atoms. The third kappa shape index (κ3) is 3.66. The lowest BCUT2D eigenvalue weighted by Crippen LogP contribution is -2.15. The van der Waals surface area contributed by atoms with Gasteiger partial charge in [-0.15, -0.1) is 0 Å².